The first-order valence-corrected chi connectivity index (χ1v) is 1.04. The second-order valence-electron chi connectivity index (χ2n) is 0.683. The van der Waals surface area contributed by atoms with E-state index in [1.54, 1.807) is 0 Å². The zero-order valence-corrected chi connectivity index (χ0v) is 2.58. The van der Waals surface area contributed by atoms with Gasteiger partial charge in [0.25, 0.3) is 0 Å². The molecule has 0 bridgehead atoms. The lowest BCUT2D eigenvalue weighted by atomic mass is 11.7. The van der Waals surface area contributed by atoms with Gasteiger partial charge in [-0.1, -0.05) is 0 Å². The Labute approximate surface area is 25.1 Å². The summed E-state index contributed by atoms with van der Waals surface area (Å²) < 4.78 is 0. The molecular weight excluding hydrogens is 56.0 g/mol. The molecule has 2 nitrogen and oxygen atoms in total. The normalized spacial score (nSPS) is 6.25. The smallest absolute Gasteiger partial charge is 0.0873 e. The molecule has 0 unspecified atom stereocenters. The van der Waals surface area contributed by atoms with Crippen LogP contribution in [-0.4, -0.2) is 5.84 Å². The Balaban J connectivity index is 2.80. The number of nitrogens with two attached hydrogens (primary N) is 1. The van der Waals surface area contributed by atoms with Crippen molar-refractivity contribution in [2.24, 2.45) is 5.73 Å². The number of rotatable bonds is 0. The first-order valence-electron chi connectivity index (χ1n) is 1.04. The Morgan fingerprint density at radius 1 is 2.00 bits per heavy atom. The molecule has 0 saturated heterocycles. The molecule has 0 fully saturated rings. The number of hydrogen-bond donors (Lipinski definition) is 2. The predicted molar refractivity (Wildman–Crippen MR) is 17.6 cm³/mol. The minimum absolute atomic E-state index is 0.167. The number of amidine groups is 1. The molecule has 0 radical (unpaired) electrons. The van der Waals surface area contributed by atoms with Gasteiger partial charge in [0.15, 0.2) is 0 Å². The fourth-order valence-corrected chi connectivity index (χ4v) is 0. The third kappa shape index (κ3) is 1.16. The lowest BCUT2D eigenvalue weighted by molar-refractivity contribution is 1.42. The average molecular weight is 62.1 g/mol. The minimum atomic E-state index is 0.167. The summed E-state index contributed by atoms with van der Waals surface area (Å²) in [6.45, 7) is 1.53. The SMILES string of the molecule is [13CH3][13C](=[15NH])[15NH2]. The second kappa shape index (κ2) is 0.875. The molecule has 0 heterocycles. The van der Waals surface area contributed by atoms with Gasteiger partial charge in [-0.05, 0) is 6.92 Å². The van der Waals surface area contributed by atoms with Gasteiger partial charge in [-0.25, -0.2) is 0 Å². The molecule has 0 aromatic rings. The van der Waals surface area contributed by atoms with E-state index in [0.717, 1.165) is 0 Å². The van der Waals surface area contributed by atoms with Crippen molar-refractivity contribution in [3.8, 4) is 0 Å². The molecule has 0 aromatic heterocycles. The summed E-state index contributed by atoms with van der Waals surface area (Å²) in [6, 6.07) is 0. The summed E-state index contributed by atoms with van der Waals surface area (Å²) in [7, 11) is 0. The quantitative estimate of drug-likeness (QED) is 0.176. The standard InChI is InChI=1S/C2H6N2/c1-2(3)4/h1H3,(H3,3,4)/i1+1,2+1,3+1,4+1. The van der Waals surface area contributed by atoms with Crippen molar-refractivity contribution in [1.29, 1.82) is 5.41 Å². The maximum absolute atomic E-state index is 6.28. The van der Waals surface area contributed by atoms with Crippen LogP contribution in [0.2, 0.25) is 0 Å². The third-order valence-corrected chi connectivity index (χ3v) is 0. The van der Waals surface area contributed by atoms with Crippen LogP contribution in [0.25, 0.3) is 0 Å². The number of nitrogens with one attached hydrogen (secondary N) is 1. The van der Waals surface area contributed by atoms with E-state index in [1.165, 1.54) is 6.92 Å². The van der Waals surface area contributed by atoms with Gasteiger partial charge in [0, 0.05) is 0 Å². The van der Waals surface area contributed by atoms with Gasteiger partial charge in [0.1, 0.15) is 0 Å². The zero-order valence-electron chi connectivity index (χ0n) is 2.58. The van der Waals surface area contributed by atoms with E-state index >= 15 is 0 Å². The van der Waals surface area contributed by atoms with Crippen LogP contribution in [0.3, 0.4) is 0 Å². The second-order valence-corrected chi connectivity index (χ2v) is 0.683. The molecule has 0 aliphatic heterocycles. The van der Waals surface area contributed by atoms with Crippen molar-refractivity contribution >= 4 is 5.84 Å². The fraction of sp³-hybridized carbons (Fsp3) is 0.500. The molecule has 0 amide bonds. The van der Waals surface area contributed by atoms with Crippen LogP contribution >= 0.6 is 0 Å². The van der Waals surface area contributed by atoms with E-state index in [-0.39, 0.29) is 5.84 Å². The Morgan fingerprint density at radius 3 is 2.00 bits per heavy atom. The van der Waals surface area contributed by atoms with Gasteiger partial charge in [0.05, 0.1) is 5.84 Å². The van der Waals surface area contributed by atoms with Gasteiger partial charge in [-0.15, -0.1) is 0 Å². The highest BCUT2D eigenvalue weighted by atomic mass is 15.7. The van der Waals surface area contributed by atoms with Crippen molar-refractivity contribution in [2.45, 2.75) is 6.92 Å². The number of hydrogen-bond acceptors (Lipinski definition) is 1. The maximum atomic E-state index is 6.28. The Bertz CT molecular complexity index is 27.0. The molecule has 3 N–H and O–H groups in total. The van der Waals surface area contributed by atoms with Gasteiger partial charge >= 0.3 is 0 Å². The predicted octanol–water partition coefficient (Wildman–Crippen LogP) is -0.0577. The van der Waals surface area contributed by atoms with Gasteiger partial charge in [0.2, 0.25) is 0 Å². The molecule has 2 heteroatoms. The molecule has 0 atom stereocenters. The first kappa shape index (κ1) is 3.47. The minimum Gasteiger partial charge on any atom is -0.388 e. The topological polar surface area (TPSA) is 49.9 Å². The van der Waals surface area contributed by atoms with Crippen LogP contribution in [0.4, 0.5) is 0 Å². The lowest BCUT2D eigenvalue weighted by Gasteiger charge is -1.66. The Kier molecular flexibility index (Phi) is 0.759. The van der Waals surface area contributed by atoms with Crippen LogP contribution in [0.5, 0.6) is 0 Å². The Hall–Kier alpha value is -0.530. The van der Waals surface area contributed by atoms with E-state index < -0.39 is 0 Å². The highest BCUT2D eigenvalue weighted by molar-refractivity contribution is 5.73. The summed E-state index contributed by atoms with van der Waals surface area (Å²) in [5.41, 5.74) is 4.69. The van der Waals surface area contributed by atoms with Crippen LogP contribution in [0, 0.1) is 5.41 Å². The van der Waals surface area contributed by atoms with Crippen molar-refractivity contribution in [1.82, 2.24) is 0 Å². The Morgan fingerprint density at radius 2 is 2.00 bits per heavy atom. The van der Waals surface area contributed by atoms with Crippen LogP contribution < -0.4 is 5.73 Å². The summed E-state index contributed by atoms with van der Waals surface area (Å²) in [6.07, 6.45) is 0. The van der Waals surface area contributed by atoms with Crippen molar-refractivity contribution in [2.75, 3.05) is 0 Å². The van der Waals surface area contributed by atoms with E-state index in [1.807, 2.05) is 0 Å². The van der Waals surface area contributed by atoms with Crippen molar-refractivity contribution in [3.63, 3.8) is 0 Å². The molecule has 0 aliphatic carbocycles. The summed E-state index contributed by atoms with van der Waals surface area (Å²) in [5, 5.41) is 6.28. The highest BCUT2D eigenvalue weighted by Crippen LogP contribution is 1.36. The van der Waals surface area contributed by atoms with E-state index in [2.05, 4.69) is 0 Å². The average Bonchev–Trinajstić information content (AvgIpc) is 0.811. The summed E-state index contributed by atoms with van der Waals surface area (Å²) >= 11 is 0. The fourth-order valence-electron chi connectivity index (χ4n) is 0. The molecule has 0 spiro atoms. The summed E-state index contributed by atoms with van der Waals surface area (Å²) in [5.74, 6) is 0.167. The van der Waals surface area contributed by atoms with Crippen molar-refractivity contribution in [3.05, 3.63) is 0 Å². The largest absolute Gasteiger partial charge is 0.388 e. The van der Waals surface area contributed by atoms with E-state index in [4.69, 9.17) is 11.1 Å². The molecule has 0 rings (SSSR count). The van der Waals surface area contributed by atoms with Gasteiger partial charge < -0.3 is 5.73 Å². The van der Waals surface area contributed by atoms with Crippen molar-refractivity contribution < 1.29 is 0 Å². The summed E-state index contributed by atoms with van der Waals surface area (Å²) in [4.78, 5) is 0. The molecule has 0 aliphatic rings. The van der Waals surface area contributed by atoms with Gasteiger partial charge in [-0.2, -0.15) is 0 Å². The molecule has 0 saturated carbocycles. The van der Waals surface area contributed by atoms with E-state index in [9.17, 15) is 0 Å². The van der Waals surface area contributed by atoms with Crippen LogP contribution in [-0.2, 0) is 0 Å². The zero-order chi connectivity index (χ0) is 3.58. The van der Waals surface area contributed by atoms with Crippen LogP contribution in [0.1, 0.15) is 6.92 Å². The maximum Gasteiger partial charge on any atom is 0.0873 e. The molecule has 4 heavy (non-hydrogen) atoms. The lowest BCUT2D eigenvalue weighted by Crippen LogP contribution is -2.00. The third-order valence-electron chi connectivity index (χ3n) is 0. The molecular formula is C2H6N2. The monoisotopic (exact) mass is 62.1 g/mol. The van der Waals surface area contributed by atoms with E-state index in [0.29, 0.717) is 0 Å². The van der Waals surface area contributed by atoms with Gasteiger partial charge in [-0.3, -0.25) is 5.41 Å². The first-order chi connectivity index (χ1) is 1.73. The molecule has 24 valence electrons. The van der Waals surface area contributed by atoms with Crippen LogP contribution in [0.15, 0.2) is 0 Å². The molecule has 0 aromatic carbocycles. The highest BCUT2D eigenvalue weighted by Gasteiger charge is 1.53.